The Bertz CT molecular complexity index is 712. The Labute approximate surface area is 184 Å². The van der Waals surface area contributed by atoms with E-state index in [1.54, 1.807) is 25.4 Å². The van der Waals surface area contributed by atoms with Crippen LogP contribution in [0.25, 0.3) is 5.57 Å². The normalized spacial score (nSPS) is 13.6. The largest absolute Gasteiger partial charge is 1.00 e. The average Bonchev–Trinajstić information content (AvgIpc) is 2.85. The first-order valence-corrected chi connectivity index (χ1v) is 10.2. The van der Waals surface area contributed by atoms with Crippen molar-refractivity contribution in [3.63, 3.8) is 0 Å². The summed E-state index contributed by atoms with van der Waals surface area (Å²) in [5.41, 5.74) is 4.60. The molecule has 0 heterocycles. The Morgan fingerprint density at radius 3 is 2.00 bits per heavy atom. The van der Waals surface area contributed by atoms with Crippen molar-refractivity contribution in [1.29, 1.82) is 0 Å². The van der Waals surface area contributed by atoms with Crippen LogP contribution >= 0.6 is 0 Å². The van der Waals surface area contributed by atoms with Gasteiger partial charge in [0.1, 0.15) is 0 Å². The van der Waals surface area contributed by atoms with Crippen molar-refractivity contribution in [3.8, 4) is 0 Å². The molecule has 0 unspecified atom stereocenters. The molecule has 2 aromatic rings. The van der Waals surface area contributed by atoms with E-state index in [1.807, 2.05) is 0 Å². The zero-order valence-corrected chi connectivity index (χ0v) is 19.5. The maximum absolute atomic E-state index is 2.34. The van der Waals surface area contributed by atoms with E-state index in [0.717, 1.165) is 0 Å². The summed E-state index contributed by atoms with van der Waals surface area (Å²) >= 11 is 2.34. The summed E-state index contributed by atoms with van der Waals surface area (Å²) in [5, 5.41) is 3.29. The molecule has 1 aliphatic carbocycles. The second-order valence-electron chi connectivity index (χ2n) is 5.91. The van der Waals surface area contributed by atoms with E-state index >= 15 is 0 Å². The van der Waals surface area contributed by atoms with Gasteiger partial charge in [-0.2, -0.15) is 0 Å². The van der Waals surface area contributed by atoms with Crippen molar-refractivity contribution in [3.05, 3.63) is 80.9 Å². The van der Waals surface area contributed by atoms with Crippen LogP contribution in [0, 0.1) is 0 Å². The van der Waals surface area contributed by atoms with E-state index in [1.165, 1.54) is 24.8 Å². The molecule has 5 heteroatoms. The zero-order chi connectivity index (χ0) is 15.4. The van der Waals surface area contributed by atoms with Gasteiger partial charge in [0.25, 0.3) is 0 Å². The minimum Gasteiger partial charge on any atom is -1.00 e. The Kier molecular flexibility index (Phi) is 12.0. The first-order chi connectivity index (χ1) is 10.8. The van der Waals surface area contributed by atoms with Gasteiger partial charge in [0.15, 0.2) is 0 Å². The molecule has 0 bridgehead atoms. The van der Waals surface area contributed by atoms with Crippen LogP contribution in [0.15, 0.2) is 75.3 Å². The van der Waals surface area contributed by atoms with Crippen LogP contribution in [-0.2, 0) is 20.4 Å². The number of hydrogen-bond acceptors (Lipinski definition) is 0. The fraction of sp³-hybridized carbons (Fsp3) is 0.200. The molecule has 0 saturated carbocycles. The molecule has 0 radical (unpaired) electrons. The Morgan fingerprint density at radius 1 is 0.880 bits per heavy atom. The van der Waals surface area contributed by atoms with Gasteiger partial charge in [-0.3, -0.25) is 0 Å². The third kappa shape index (κ3) is 6.13. The van der Waals surface area contributed by atoms with Crippen molar-refractivity contribution < 1.29 is 57.7 Å². The van der Waals surface area contributed by atoms with E-state index in [2.05, 4.69) is 88.0 Å². The summed E-state index contributed by atoms with van der Waals surface area (Å²) < 4.78 is 1.56. The molecule has 130 valence electrons. The molecule has 0 saturated heterocycles. The molecule has 0 spiro atoms. The summed E-state index contributed by atoms with van der Waals surface area (Å²) in [6.07, 6.45) is 3.68. The monoisotopic (exact) mass is 442 g/mol. The maximum Gasteiger partial charge on any atom is -1.00 e. The van der Waals surface area contributed by atoms with Gasteiger partial charge in [0.2, 0.25) is 0 Å². The maximum atomic E-state index is 2.34. The van der Waals surface area contributed by atoms with Crippen LogP contribution in [0.2, 0.25) is 0 Å². The molecule has 0 N–H and O–H groups in total. The van der Waals surface area contributed by atoms with Gasteiger partial charge >= 0.3 is 148 Å². The molecule has 0 nitrogen and oxygen atoms in total. The molecule has 1 aliphatic rings. The number of benzene rings is 2. The summed E-state index contributed by atoms with van der Waals surface area (Å²) in [4.78, 5) is 0. The fourth-order valence-corrected chi connectivity index (χ4v) is 6.08. The molecule has 0 fully saturated rings. The van der Waals surface area contributed by atoms with Gasteiger partial charge in [0, 0.05) is 0 Å². The van der Waals surface area contributed by atoms with Crippen LogP contribution in [0.3, 0.4) is 0 Å². The molecule has 0 aliphatic heterocycles. The Hall–Kier alpha value is -0.279. The van der Waals surface area contributed by atoms with Crippen LogP contribution in [0.4, 0.5) is 0 Å². The van der Waals surface area contributed by atoms with Crippen molar-refractivity contribution in [2.75, 3.05) is 0 Å². The quantitative estimate of drug-likeness (QED) is 0.406. The van der Waals surface area contributed by atoms with Gasteiger partial charge in [-0.25, -0.2) is 0 Å². The summed E-state index contributed by atoms with van der Waals surface area (Å²) in [6, 6.07) is 22.0. The van der Waals surface area contributed by atoms with Crippen molar-refractivity contribution >= 4 is 20.3 Å². The topological polar surface area (TPSA) is 0 Å². The molecule has 0 atom stereocenters. The van der Waals surface area contributed by atoms with Crippen molar-refractivity contribution in [2.45, 2.75) is 26.2 Å². The SMILES string of the molecule is CCCC1=C(c2ccccc2)[C]([Ti+3])=C([SiH2]c2ccccc2)C1.[Cl-].[Cl-].[Cl-]. The predicted molar refractivity (Wildman–Crippen MR) is 94.5 cm³/mol. The van der Waals surface area contributed by atoms with Crippen LogP contribution in [0.1, 0.15) is 31.7 Å². The van der Waals surface area contributed by atoms with Gasteiger partial charge in [-0.15, -0.1) is 0 Å². The number of halogens is 3. The minimum atomic E-state index is -0.330. The minimum absolute atomic E-state index is 0. The number of rotatable bonds is 5. The number of allylic oxidation sites excluding steroid dienone is 4. The van der Waals surface area contributed by atoms with Crippen LogP contribution < -0.4 is 42.4 Å². The third-order valence-electron chi connectivity index (χ3n) is 4.26. The first-order valence-electron chi connectivity index (χ1n) is 8.05. The molecule has 25 heavy (non-hydrogen) atoms. The molecule has 0 aromatic heterocycles. The second-order valence-corrected chi connectivity index (χ2v) is 8.72. The van der Waals surface area contributed by atoms with E-state index in [9.17, 15) is 0 Å². The van der Waals surface area contributed by atoms with E-state index in [-0.39, 0.29) is 46.7 Å². The molecule has 2 aromatic carbocycles. The summed E-state index contributed by atoms with van der Waals surface area (Å²) in [7, 11) is -0.330. The first kappa shape index (κ1) is 24.7. The fourth-order valence-electron chi connectivity index (χ4n) is 3.25. The van der Waals surface area contributed by atoms with E-state index in [4.69, 9.17) is 0 Å². The van der Waals surface area contributed by atoms with E-state index < -0.39 is 0 Å². The Morgan fingerprint density at radius 2 is 1.44 bits per heavy atom. The van der Waals surface area contributed by atoms with Crippen molar-refractivity contribution in [1.82, 2.24) is 0 Å². The second kappa shape index (κ2) is 12.2. The molecule has 3 rings (SSSR count). The smallest absolute Gasteiger partial charge is 1.00 e. The number of hydrogen-bond donors (Lipinski definition) is 0. The van der Waals surface area contributed by atoms with Crippen LogP contribution in [-0.4, -0.2) is 9.52 Å². The molecular weight excluding hydrogens is 423 g/mol. The zero-order valence-electron chi connectivity index (χ0n) is 14.2. The van der Waals surface area contributed by atoms with Crippen LogP contribution in [0.5, 0.6) is 0 Å². The van der Waals surface area contributed by atoms with E-state index in [0.29, 0.717) is 0 Å². The van der Waals surface area contributed by atoms with Gasteiger partial charge in [0.05, 0.1) is 0 Å². The average molecular weight is 444 g/mol. The third-order valence-corrected chi connectivity index (χ3v) is 7.66. The van der Waals surface area contributed by atoms with Gasteiger partial charge in [-0.1, -0.05) is 0 Å². The summed E-state index contributed by atoms with van der Waals surface area (Å²) in [6.45, 7) is 2.29. The van der Waals surface area contributed by atoms with Gasteiger partial charge in [-0.05, 0) is 0 Å². The molecule has 0 amide bonds. The predicted octanol–water partition coefficient (Wildman–Crippen LogP) is -5.09. The van der Waals surface area contributed by atoms with Gasteiger partial charge < -0.3 is 37.2 Å². The Balaban J connectivity index is 0.00000192. The standard InChI is InChI=1S/C20H21Si.3ClH.Ti/c1-2-9-17-14-19(21-18-12-7-4-8-13-18)15-20(17)16-10-5-3-6-11-16;;;;/h3-8,10-13H,2,9,14,21H2,1H3;3*1H;/q;;;;+3/p-3. The molecular formula is C20H21Cl3SiTi. The van der Waals surface area contributed by atoms with Crippen molar-refractivity contribution in [2.24, 2.45) is 0 Å². The summed E-state index contributed by atoms with van der Waals surface area (Å²) in [5.74, 6) is 0.